The van der Waals surface area contributed by atoms with Crippen LogP contribution in [-0.2, 0) is 11.3 Å². The lowest BCUT2D eigenvalue weighted by atomic mass is 9.78. The van der Waals surface area contributed by atoms with Crippen molar-refractivity contribution in [1.82, 2.24) is 14.9 Å². The maximum atomic E-state index is 11.4. The van der Waals surface area contributed by atoms with Crippen molar-refractivity contribution in [3.05, 3.63) is 29.9 Å². The van der Waals surface area contributed by atoms with E-state index in [0.717, 1.165) is 37.2 Å². The third-order valence-corrected chi connectivity index (χ3v) is 4.78. The van der Waals surface area contributed by atoms with E-state index in [1.165, 1.54) is 6.42 Å². The smallest absolute Gasteiger partial charge is 0.407 e. The van der Waals surface area contributed by atoms with Crippen molar-refractivity contribution in [2.75, 3.05) is 6.54 Å². The molecule has 1 spiro atoms. The minimum atomic E-state index is -0.284. The number of carbonyl (C=O) groups excluding carboxylic acids is 1. The monoisotopic (exact) mass is 345 g/mol. The van der Waals surface area contributed by atoms with Crippen molar-refractivity contribution in [2.45, 2.75) is 65.5 Å². The van der Waals surface area contributed by atoms with Gasteiger partial charge in [0.2, 0.25) is 0 Å². The first kappa shape index (κ1) is 19.3. The van der Waals surface area contributed by atoms with Gasteiger partial charge in [0.25, 0.3) is 0 Å². The highest BCUT2D eigenvalue weighted by molar-refractivity contribution is 5.70. The van der Waals surface area contributed by atoms with Gasteiger partial charge in [0.1, 0.15) is 5.60 Å². The number of alkyl carbamates (subject to hydrolysis) is 1. The predicted octanol–water partition coefficient (Wildman–Crippen LogP) is 4.64. The molecule has 5 nitrogen and oxygen atoms in total. The highest BCUT2D eigenvalue weighted by Gasteiger charge is 2.44. The highest BCUT2D eigenvalue weighted by Crippen LogP contribution is 2.38. The average Bonchev–Trinajstić information content (AvgIpc) is 3.15. The topological polar surface area (TPSA) is 56.2 Å². The predicted molar refractivity (Wildman–Crippen MR) is 102 cm³/mol. The molecule has 2 fully saturated rings. The summed E-state index contributed by atoms with van der Waals surface area (Å²) in [5.41, 5.74) is 1.87. The van der Waals surface area contributed by atoms with E-state index in [2.05, 4.69) is 20.9 Å². The van der Waals surface area contributed by atoms with Gasteiger partial charge in [0.15, 0.2) is 0 Å². The van der Waals surface area contributed by atoms with Crippen molar-refractivity contribution in [2.24, 2.45) is 5.92 Å². The molecule has 1 aliphatic carbocycles. The summed E-state index contributed by atoms with van der Waals surface area (Å²) in [7, 11) is 0. The molecule has 2 aliphatic rings. The lowest BCUT2D eigenvalue weighted by Crippen LogP contribution is -2.39. The number of rotatable bonds is 4. The van der Waals surface area contributed by atoms with Crippen molar-refractivity contribution in [1.29, 1.82) is 0 Å². The van der Waals surface area contributed by atoms with E-state index in [4.69, 9.17) is 4.74 Å². The first-order valence-electron chi connectivity index (χ1n) is 9.43. The van der Waals surface area contributed by atoms with Gasteiger partial charge >= 0.3 is 6.09 Å². The summed E-state index contributed by atoms with van der Waals surface area (Å²) in [6.45, 7) is 9.60. The zero-order valence-electron chi connectivity index (χ0n) is 15.9. The Bertz CT molecular complexity index is 633. The molecule has 0 bridgehead atoms. The summed E-state index contributed by atoms with van der Waals surface area (Å²) >= 11 is 0. The number of ether oxygens (including phenoxy) is 1. The lowest BCUT2D eigenvalue weighted by Gasteiger charge is -2.35. The SMILES string of the molecule is C/C=C\c1ncn(CC2CCCC3(CNC(=O)O3)C2)c1/C=C\C.CC. The Morgan fingerprint density at radius 1 is 1.36 bits per heavy atom. The minimum absolute atomic E-state index is 0.266. The van der Waals surface area contributed by atoms with Crippen molar-refractivity contribution >= 4 is 18.2 Å². The fraction of sp³-hybridized carbons (Fsp3) is 0.600. The number of aromatic nitrogens is 2. The zero-order chi connectivity index (χ0) is 18.3. The number of nitrogens with zero attached hydrogens (tertiary/aromatic N) is 2. The normalized spacial score (nSPS) is 25.9. The minimum Gasteiger partial charge on any atom is -0.441 e. The molecule has 2 heterocycles. The second-order valence-electron chi connectivity index (χ2n) is 6.56. The Labute approximate surface area is 151 Å². The second kappa shape index (κ2) is 8.88. The number of amides is 1. The number of nitrogens with one attached hydrogen (secondary N) is 1. The maximum Gasteiger partial charge on any atom is 0.407 e. The Hall–Kier alpha value is -2.04. The van der Waals surface area contributed by atoms with Gasteiger partial charge in [-0.15, -0.1) is 0 Å². The first-order chi connectivity index (χ1) is 12.2. The van der Waals surface area contributed by atoms with Gasteiger partial charge in [-0.3, -0.25) is 0 Å². The van der Waals surface area contributed by atoms with E-state index < -0.39 is 0 Å². The molecule has 1 aromatic heterocycles. The molecular weight excluding hydrogens is 314 g/mol. The second-order valence-corrected chi connectivity index (χ2v) is 6.56. The van der Waals surface area contributed by atoms with Gasteiger partial charge < -0.3 is 14.6 Å². The third kappa shape index (κ3) is 4.53. The summed E-state index contributed by atoms with van der Waals surface area (Å²) < 4.78 is 7.80. The van der Waals surface area contributed by atoms with Crippen LogP contribution in [0.1, 0.15) is 64.8 Å². The number of carbonyl (C=O) groups is 1. The van der Waals surface area contributed by atoms with E-state index in [1.54, 1.807) is 0 Å². The molecule has 138 valence electrons. The Morgan fingerprint density at radius 3 is 2.76 bits per heavy atom. The summed E-state index contributed by atoms with van der Waals surface area (Å²) in [5.74, 6) is 0.508. The molecule has 0 radical (unpaired) electrons. The van der Waals surface area contributed by atoms with Crippen molar-refractivity contribution in [3.8, 4) is 0 Å². The summed E-state index contributed by atoms with van der Waals surface area (Å²) in [6.07, 6.45) is 14.0. The molecule has 1 N–H and O–H groups in total. The van der Waals surface area contributed by atoms with E-state index in [9.17, 15) is 4.79 Å². The molecular formula is C20H31N3O2. The zero-order valence-corrected chi connectivity index (χ0v) is 15.9. The molecule has 1 amide bonds. The van der Waals surface area contributed by atoms with Crippen LogP contribution in [0.2, 0.25) is 0 Å². The van der Waals surface area contributed by atoms with Gasteiger partial charge in [-0.1, -0.05) is 26.0 Å². The van der Waals surface area contributed by atoms with Crippen molar-refractivity contribution < 1.29 is 9.53 Å². The van der Waals surface area contributed by atoms with Crippen LogP contribution in [0.15, 0.2) is 18.5 Å². The fourth-order valence-corrected chi connectivity index (χ4v) is 3.81. The van der Waals surface area contributed by atoms with Crippen LogP contribution in [0.25, 0.3) is 12.2 Å². The molecule has 1 saturated heterocycles. The van der Waals surface area contributed by atoms with Crippen LogP contribution < -0.4 is 5.32 Å². The molecule has 3 rings (SSSR count). The van der Waals surface area contributed by atoms with Crippen LogP contribution >= 0.6 is 0 Å². The average molecular weight is 345 g/mol. The lowest BCUT2D eigenvalue weighted by molar-refractivity contribution is 0.00414. The van der Waals surface area contributed by atoms with Crippen LogP contribution in [0, 0.1) is 5.92 Å². The molecule has 1 aromatic rings. The van der Waals surface area contributed by atoms with Gasteiger partial charge in [0.05, 0.1) is 24.3 Å². The van der Waals surface area contributed by atoms with E-state index in [0.29, 0.717) is 12.5 Å². The highest BCUT2D eigenvalue weighted by atomic mass is 16.6. The number of hydrogen-bond donors (Lipinski definition) is 1. The molecule has 1 aliphatic heterocycles. The van der Waals surface area contributed by atoms with Gasteiger partial charge in [-0.05, 0) is 57.6 Å². The van der Waals surface area contributed by atoms with Gasteiger partial charge in [-0.2, -0.15) is 0 Å². The number of imidazole rings is 1. The summed E-state index contributed by atoms with van der Waals surface area (Å²) in [4.78, 5) is 15.9. The number of hydrogen-bond acceptors (Lipinski definition) is 3. The molecule has 25 heavy (non-hydrogen) atoms. The Morgan fingerprint density at radius 2 is 2.12 bits per heavy atom. The van der Waals surface area contributed by atoms with E-state index in [-0.39, 0.29) is 11.7 Å². The largest absolute Gasteiger partial charge is 0.441 e. The van der Waals surface area contributed by atoms with E-state index >= 15 is 0 Å². The molecule has 2 unspecified atom stereocenters. The standard InChI is InChI=1S/C18H25N3O2.C2H6/c1-3-6-15-16(7-4-2)21(13-20-15)11-14-8-5-9-18(10-14)12-19-17(22)23-18;1-2/h3-4,6-7,13-14H,5,8-12H2,1-2H3,(H,19,22);1-2H3/b6-3-,7-4-;. The quantitative estimate of drug-likeness (QED) is 0.864. The number of allylic oxidation sites excluding steroid dienone is 2. The third-order valence-electron chi connectivity index (χ3n) is 4.78. The first-order valence-corrected chi connectivity index (χ1v) is 9.43. The Kier molecular flexibility index (Phi) is 6.85. The Balaban J connectivity index is 0.00000109. The molecule has 0 aromatic carbocycles. The van der Waals surface area contributed by atoms with Crippen LogP contribution in [-0.4, -0.2) is 27.8 Å². The van der Waals surface area contributed by atoms with E-state index in [1.807, 2.05) is 52.3 Å². The molecule has 2 atom stereocenters. The summed E-state index contributed by atoms with van der Waals surface area (Å²) in [5, 5.41) is 2.82. The van der Waals surface area contributed by atoms with Gasteiger partial charge in [0, 0.05) is 6.54 Å². The van der Waals surface area contributed by atoms with Crippen LogP contribution in [0.5, 0.6) is 0 Å². The molecule has 1 saturated carbocycles. The van der Waals surface area contributed by atoms with Crippen LogP contribution in [0.3, 0.4) is 0 Å². The molecule has 5 heteroatoms. The van der Waals surface area contributed by atoms with Crippen molar-refractivity contribution in [3.63, 3.8) is 0 Å². The summed E-state index contributed by atoms with van der Waals surface area (Å²) in [6, 6.07) is 0. The fourth-order valence-electron chi connectivity index (χ4n) is 3.81. The maximum absolute atomic E-state index is 11.4. The van der Waals surface area contributed by atoms with Gasteiger partial charge in [-0.25, -0.2) is 9.78 Å². The van der Waals surface area contributed by atoms with Crippen LogP contribution in [0.4, 0.5) is 4.79 Å².